The van der Waals surface area contributed by atoms with Crippen molar-refractivity contribution in [2.75, 3.05) is 6.61 Å². The molecule has 0 radical (unpaired) electrons. The highest BCUT2D eigenvalue weighted by atomic mass is 16.7. The third-order valence-electron chi connectivity index (χ3n) is 9.45. The second-order valence-corrected chi connectivity index (χ2v) is 12.6. The number of oxime groups is 1. The third kappa shape index (κ3) is 5.48. The van der Waals surface area contributed by atoms with Crippen molar-refractivity contribution in [3.8, 4) is 0 Å². The van der Waals surface area contributed by atoms with E-state index in [0.717, 1.165) is 32.1 Å². The summed E-state index contributed by atoms with van der Waals surface area (Å²) in [7, 11) is 0. The molecule has 0 aromatic rings. The van der Waals surface area contributed by atoms with Gasteiger partial charge in [-0.1, -0.05) is 61.9 Å². The fourth-order valence-electron chi connectivity index (χ4n) is 7.22. The Balaban J connectivity index is 1.53. The highest BCUT2D eigenvalue weighted by Gasteiger charge is 2.59. The quantitative estimate of drug-likeness (QED) is 0.193. The van der Waals surface area contributed by atoms with Gasteiger partial charge >= 0.3 is 5.97 Å². The van der Waals surface area contributed by atoms with Gasteiger partial charge in [0.15, 0.2) is 5.79 Å². The molecule has 0 aromatic carbocycles. The van der Waals surface area contributed by atoms with Crippen LogP contribution in [0, 0.1) is 17.8 Å². The molecular formula is C32H45NO7. The van der Waals surface area contributed by atoms with Gasteiger partial charge < -0.3 is 29.3 Å². The van der Waals surface area contributed by atoms with E-state index < -0.39 is 35.5 Å². The summed E-state index contributed by atoms with van der Waals surface area (Å²) in [5.74, 6) is -1.60. The van der Waals surface area contributed by atoms with Crippen LogP contribution in [0.15, 0.2) is 52.3 Å². The molecule has 4 aliphatic heterocycles. The Kier molecular flexibility index (Phi) is 8.44. The fraction of sp³-hybridized carbons (Fsp3) is 0.688. The van der Waals surface area contributed by atoms with Crippen molar-refractivity contribution in [1.82, 2.24) is 0 Å². The molecule has 0 amide bonds. The van der Waals surface area contributed by atoms with Crippen LogP contribution in [-0.2, 0) is 23.7 Å². The van der Waals surface area contributed by atoms with Crippen LogP contribution in [0.3, 0.4) is 0 Å². The topological polar surface area (TPSA) is 107 Å². The van der Waals surface area contributed by atoms with Crippen molar-refractivity contribution < 1.29 is 34.1 Å². The molecule has 2 bridgehead atoms. The van der Waals surface area contributed by atoms with Gasteiger partial charge in [0.1, 0.15) is 29.4 Å². The molecule has 0 saturated carbocycles. The number of aliphatic hydroxyl groups is 1. The van der Waals surface area contributed by atoms with Crippen molar-refractivity contribution in [2.45, 2.75) is 115 Å². The Morgan fingerprint density at radius 1 is 1.18 bits per heavy atom. The van der Waals surface area contributed by atoms with E-state index in [1.165, 1.54) is 5.57 Å². The molecule has 8 nitrogen and oxygen atoms in total. The number of rotatable bonds is 1. The number of hydrogen-bond donors (Lipinski definition) is 2. The van der Waals surface area contributed by atoms with Crippen LogP contribution in [0.4, 0.5) is 0 Å². The monoisotopic (exact) mass is 555 g/mol. The average molecular weight is 556 g/mol. The van der Waals surface area contributed by atoms with Crippen LogP contribution in [0.1, 0.15) is 79.6 Å². The van der Waals surface area contributed by atoms with Crippen LogP contribution in [-0.4, -0.2) is 64.4 Å². The number of fused-ring (bicyclic) bond motifs is 2. The Labute approximate surface area is 237 Å². The molecule has 40 heavy (non-hydrogen) atoms. The molecule has 220 valence electrons. The molecule has 0 aromatic heterocycles. The summed E-state index contributed by atoms with van der Waals surface area (Å²) in [6.07, 6.45) is 13.6. The summed E-state index contributed by atoms with van der Waals surface area (Å²) < 4.78 is 25.5. The molecular weight excluding hydrogens is 510 g/mol. The predicted octanol–water partition coefficient (Wildman–Crippen LogP) is 5.39. The van der Waals surface area contributed by atoms with Gasteiger partial charge in [0.05, 0.1) is 18.8 Å². The van der Waals surface area contributed by atoms with E-state index in [-0.39, 0.29) is 30.4 Å². The van der Waals surface area contributed by atoms with Crippen LogP contribution < -0.4 is 0 Å². The zero-order chi connectivity index (χ0) is 28.7. The minimum absolute atomic E-state index is 0.0940. The molecule has 1 unspecified atom stereocenters. The lowest BCUT2D eigenvalue weighted by atomic mass is 9.71. The summed E-state index contributed by atoms with van der Waals surface area (Å²) in [6.45, 7) is 10.5. The van der Waals surface area contributed by atoms with Gasteiger partial charge in [0.25, 0.3) is 0 Å². The SMILES string of the molecule is CC[C@H]1O[C@]2(CC[C@@H]1C)CC1C[C@@H](C/C=C(\C)C[C@@H](C)/C=C/C=C3\CO[C@@H]4/C(=N\O)C(C)=C[C@@H](C(=O)O1)[C@]34O)O2. The van der Waals surface area contributed by atoms with Crippen molar-refractivity contribution in [1.29, 1.82) is 0 Å². The van der Waals surface area contributed by atoms with Crippen molar-refractivity contribution >= 4 is 11.7 Å². The van der Waals surface area contributed by atoms with Crippen LogP contribution in [0.5, 0.6) is 0 Å². The first-order valence-corrected chi connectivity index (χ1v) is 14.9. The fourth-order valence-corrected chi connectivity index (χ4v) is 7.22. The summed E-state index contributed by atoms with van der Waals surface area (Å²) >= 11 is 0. The molecule has 1 spiro atoms. The minimum atomic E-state index is -1.72. The maximum Gasteiger partial charge on any atom is 0.316 e. The zero-order valence-electron chi connectivity index (χ0n) is 24.5. The van der Waals surface area contributed by atoms with E-state index in [1.807, 2.05) is 12.2 Å². The summed E-state index contributed by atoms with van der Waals surface area (Å²) in [6, 6.07) is 0. The number of ether oxygens (including phenoxy) is 4. The molecule has 8 heteroatoms. The third-order valence-corrected chi connectivity index (χ3v) is 9.45. The number of allylic oxidation sites excluding steroid dienone is 4. The number of hydrogen-bond acceptors (Lipinski definition) is 8. The summed E-state index contributed by atoms with van der Waals surface area (Å²) in [5.41, 5.74) is 0.922. The van der Waals surface area contributed by atoms with Gasteiger partial charge in [-0.25, -0.2) is 0 Å². The largest absolute Gasteiger partial charge is 0.462 e. The maximum absolute atomic E-state index is 13.9. The number of carbonyl (C=O) groups excluding carboxylic acids is 1. The van der Waals surface area contributed by atoms with Gasteiger partial charge in [0, 0.05) is 19.3 Å². The molecule has 1 aliphatic carbocycles. The molecule has 2 N–H and O–H groups in total. The summed E-state index contributed by atoms with van der Waals surface area (Å²) in [5, 5.41) is 25.3. The van der Waals surface area contributed by atoms with Crippen molar-refractivity contribution in [3.05, 3.63) is 47.1 Å². The zero-order valence-corrected chi connectivity index (χ0v) is 24.5. The van der Waals surface area contributed by atoms with E-state index in [9.17, 15) is 15.1 Å². The maximum atomic E-state index is 13.9. The lowest BCUT2D eigenvalue weighted by molar-refractivity contribution is -0.335. The standard InChI is InChI=1S/C32H45NO7/c1-6-27-21(4)12-13-31(40-27)17-25-16-24(39-31)11-10-20(3)14-19(2)8-7-9-23-18-37-29-28(33-36)22(5)15-26(30(34)38-25)32(23,29)35/h7-10,15,19,21,24-27,29,35-36H,6,11-14,16-18H2,1-5H3/b8-7+,20-10+,23-9+,33-28-/t19-,21-,24+,25?,26-,27+,29+,31+,32+/m0/s1. The molecule has 4 heterocycles. The van der Waals surface area contributed by atoms with Crippen LogP contribution >= 0.6 is 0 Å². The van der Waals surface area contributed by atoms with Gasteiger partial charge in [-0.15, -0.1) is 0 Å². The second-order valence-electron chi connectivity index (χ2n) is 12.6. The lowest BCUT2D eigenvalue weighted by Crippen LogP contribution is -2.57. The van der Waals surface area contributed by atoms with E-state index in [4.69, 9.17) is 18.9 Å². The molecule has 5 rings (SSSR count). The summed E-state index contributed by atoms with van der Waals surface area (Å²) in [4.78, 5) is 13.9. The minimum Gasteiger partial charge on any atom is -0.462 e. The van der Waals surface area contributed by atoms with E-state index in [0.29, 0.717) is 29.9 Å². The van der Waals surface area contributed by atoms with E-state index >= 15 is 0 Å². The van der Waals surface area contributed by atoms with E-state index in [1.54, 1.807) is 13.0 Å². The average Bonchev–Trinajstić information content (AvgIpc) is 3.24. The Bertz CT molecular complexity index is 1140. The Morgan fingerprint density at radius 3 is 2.73 bits per heavy atom. The van der Waals surface area contributed by atoms with Crippen molar-refractivity contribution in [2.24, 2.45) is 22.9 Å². The van der Waals surface area contributed by atoms with Gasteiger partial charge in [-0.2, -0.15) is 0 Å². The first-order chi connectivity index (χ1) is 19.1. The first-order valence-electron chi connectivity index (χ1n) is 14.9. The van der Waals surface area contributed by atoms with E-state index in [2.05, 4.69) is 45.0 Å². The predicted molar refractivity (Wildman–Crippen MR) is 151 cm³/mol. The highest BCUT2D eigenvalue weighted by Crippen LogP contribution is 2.46. The molecule has 5 aliphatic rings. The number of esters is 1. The highest BCUT2D eigenvalue weighted by molar-refractivity contribution is 6.06. The molecule has 9 atom stereocenters. The second kappa shape index (κ2) is 11.6. The van der Waals surface area contributed by atoms with Crippen LogP contribution in [0.25, 0.3) is 0 Å². The lowest BCUT2D eigenvalue weighted by Gasteiger charge is -2.49. The normalized spacial score (nSPS) is 47.0. The van der Waals surface area contributed by atoms with Crippen LogP contribution in [0.2, 0.25) is 0 Å². The number of nitrogens with zero attached hydrogens (tertiary/aromatic N) is 1. The molecule has 3 saturated heterocycles. The first kappa shape index (κ1) is 29.2. The number of carbonyl (C=O) groups is 1. The Hall–Kier alpha value is -2.26. The smallest absolute Gasteiger partial charge is 0.316 e. The Morgan fingerprint density at radius 2 is 1.98 bits per heavy atom. The van der Waals surface area contributed by atoms with Crippen molar-refractivity contribution in [3.63, 3.8) is 0 Å². The van der Waals surface area contributed by atoms with Gasteiger partial charge in [-0.3, -0.25) is 4.79 Å². The van der Waals surface area contributed by atoms with Gasteiger partial charge in [0.2, 0.25) is 0 Å². The van der Waals surface area contributed by atoms with Gasteiger partial charge in [-0.05, 0) is 62.5 Å². The molecule has 3 fully saturated rings.